The van der Waals surface area contributed by atoms with Crippen molar-refractivity contribution in [2.45, 2.75) is 29.9 Å². The van der Waals surface area contributed by atoms with Crippen molar-refractivity contribution in [1.29, 1.82) is 0 Å². The predicted octanol–water partition coefficient (Wildman–Crippen LogP) is 2.92. The third-order valence-corrected chi connectivity index (χ3v) is 8.49. The largest absolute Gasteiger partial charge is 0.325 e. The molecule has 0 aromatic heterocycles. The van der Waals surface area contributed by atoms with Crippen molar-refractivity contribution in [3.05, 3.63) is 29.8 Å². The molecule has 2 saturated heterocycles. The lowest BCUT2D eigenvalue weighted by Gasteiger charge is -2.23. The van der Waals surface area contributed by atoms with Gasteiger partial charge in [-0.05, 0) is 48.5 Å². The Kier molecular flexibility index (Phi) is 5.79. The summed E-state index contributed by atoms with van der Waals surface area (Å²) in [6.45, 7) is 0.423. The van der Waals surface area contributed by atoms with Gasteiger partial charge < -0.3 is 5.32 Å². The number of amides is 1. The lowest BCUT2D eigenvalue weighted by atomic mass is 10.2. The van der Waals surface area contributed by atoms with Crippen LogP contribution in [-0.2, 0) is 14.8 Å². The standard InChI is InChI=1S/C16H22N2O3S3/c1-24(20,21)18-8-3-7-14(18)15(19)17-13-6-2-5-12(11-13)16-22-9-4-10-23-16/h2,5-6,11,14,16H,3-4,7-10H2,1H3,(H,17,19). The van der Waals surface area contributed by atoms with Crippen LogP contribution >= 0.6 is 23.5 Å². The molecule has 8 heteroatoms. The Morgan fingerprint density at radius 3 is 2.71 bits per heavy atom. The smallest absolute Gasteiger partial charge is 0.242 e. The highest BCUT2D eigenvalue weighted by Gasteiger charge is 2.36. The molecule has 2 aliphatic rings. The Labute approximate surface area is 152 Å². The monoisotopic (exact) mass is 386 g/mol. The van der Waals surface area contributed by atoms with E-state index in [1.165, 1.54) is 27.8 Å². The molecule has 1 aromatic carbocycles. The fraction of sp³-hybridized carbons (Fsp3) is 0.562. The van der Waals surface area contributed by atoms with Gasteiger partial charge in [0.25, 0.3) is 0 Å². The minimum absolute atomic E-state index is 0.237. The van der Waals surface area contributed by atoms with Crippen LogP contribution in [0.3, 0.4) is 0 Å². The molecule has 2 aliphatic heterocycles. The first-order valence-electron chi connectivity index (χ1n) is 8.06. The van der Waals surface area contributed by atoms with E-state index in [9.17, 15) is 13.2 Å². The molecule has 1 aromatic rings. The average Bonchev–Trinajstić information content (AvgIpc) is 3.06. The van der Waals surface area contributed by atoms with Crippen molar-refractivity contribution in [1.82, 2.24) is 4.31 Å². The Morgan fingerprint density at radius 1 is 1.25 bits per heavy atom. The fourth-order valence-electron chi connectivity index (χ4n) is 3.07. The number of carbonyl (C=O) groups is 1. The van der Waals surface area contributed by atoms with Gasteiger partial charge in [-0.3, -0.25) is 4.79 Å². The average molecular weight is 387 g/mol. The third kappa shape index (κ3) is 4.28. The quantitative estimate of drug-likeness (QED) is 0.862. The van der Waals surface area contributed by atoms with Crippen LogP contribution in [0.2, 0.25) is 0 Å². The fourth-order valence-corrected chi connectivity index (χ4v) is 7.07. The maximum atomic E-state index is 12.5. The summed E-state index contributed by atoms with van der Waals surface area (Å²) in [5.74, 6) is 2.10. The number of benzene rings is 1. The second kappa shape index (κ2) is 7.68. The van der Waals surface area contributed by atoms with Crippen LogP contribution in [0.25, 0.3) is 0 Å². The summed E-state index contributed by atoms with van der Waals surface area (Å²) in [5.41, 5.74) is 1.94. The van der Waals surface area contributed by atoms with Gasteiger partial charge >= 0.3 is 0 Å². The summed E-state index contributed by atoms with van der Waals surface area (Å²) in [6.07, 6.45) is 3.70. The molecular weight excluding hydrogens is 364 g/mol. The zero-order valence-electron chi connectivity index (χ0n) is 13.6. The zero-order valence-corrected chi connectivity index (χ0v) is 16.1. The van der Waals surface area contributed by atoms with Gasteiger partial charge in [-0.1, -0.05) is 12.1 Å². The number of nitrogens with zero attached hydrogens (tertiary/aromatic N) is 1. The van der Waals surface area contributed by atoms with E-state index >= 15 is 0 Å². The minimum Gasteiger partial charge on any atom is -0.325 e. The van der Waals surface area contributed by atoms with E-state index in [4.69, 9.17) is 0 Å². The molecular formula is C16H22N2O3S3. The molecule has 3 rings (SSSR count). The molecule has 1 unspecified atom stereocenters. The van der Waals surface area contributed by atoms with Crippen LogP contribution in [0.4, 0.5) is 5.69 Å². The molecule has 5 nitrogen and oxygen atoms in total. The Hall–Kier alpha value is -0.700. The van der Waals surface area contributed by atoms with Gasteiger partial charge in [0.15, 0.2) is 0 Å². The molecule has 2 heterocycles. The third-order valence-electron chi connectivity index (χ3n) is 4.19. The van der Waals surface area contributed by atoms with Crippen molar-refractivity contribution in [3.8, 4) is 0 Å². The number of hydrogen-bond acceptors (Lipinski definition) is 5. The van der Waals surface area contributed by atoms with E-state index in [-0.39, 0.29) is 5.91 Å². The second-order valence-corrected chi connectivity index (χ2v) is 10.7. The van der Waals surface area contributed by atoms with Gasteiger partial charge in [0.1, 0.15) is 6.04 Å². The Morgan fingerprint density at radius 2 is 2.00 bits per heavy atom. The van der Waals surface area contributed by atoms with Crippen LogP contribution in [0, 0.1) is 0 Å². The van der Waals surface area contributed by atoms with E-state index in [0.29, 0.717) is 17.5 Å². The summed E-state index contributed by atoms with van der Waals surface area (Å²) in [7, 11) is -3.35. The minimum atomic E-state index is -3.35. The van der Waals surface area contributed by atoms with Crippen molar-refractivity contribution >= 4 is 45.1 Å². The summed E-state index contributed by atoms with van der Waals surface area (Å²) in [4.78, 5) is 12.5. The number of thioether (sulfide) groups is 2. The first-order chi connectivity index (χ1) is 11.4. The van der Waals surface area contributed by atoms with E-state index in [2.05, 4.69) is 11.4 Å². The van der Waals surface area contributed by atoms with Crippen LogP contribution in [0.15, 0.2) is 24.3 Å². The number of rotatable bonds is 4. The van der Waals surface area contributed by atoms with Gasteiger partial charge in [0, 0.05) is 12.2 Å². The van der Waals surface area contributed by atoms with Crippen molar-refractivity contribution in [2.24, 2.45) is 0 Å². The molecule has 0 spiro atoms. The maximum Gasteiger partial charge on any atom is 0.242 e. The van der Waals surface area contributed by atoms with Crippen molar-refractivity contribution in [3.63, 3.8) is 0 Å². The zero-order chi connectivity index (χ0) is 17.2. The normalized spacial score (nSPS) is 23.3. The number of nitrogens with one attached hydrogen (secondary N) is 1. The Balaban J connectivity index is 1.70. The molecule has 0 radical (unpaired) electrons. The lowest BCUT2D eigenvalue weighted by molar-refractivity contribution is -0.119. The van der Waals surface area contributed by atoms with Gasteiger partial charge in [0.2, 0.25) is 15.9 Å². The van der Waals surface area contributed by atoms with Crippen LogP contribution < -0.4 is 5.32 Å². The molecule has 1 amide bonds. The van der Waals surface area contributed by atoms with E-state index in [1.54, 1.807) is 0 Å². The summed E-state index contributed by atoms with van der Waals surface area (Å²) >= 11 is 3.87. The molecule has 0 saturated carbocycles. The molecule has 1 N–H and O–H groups in total. The topological polar surface area (TPSA) is 66.5 Å². The molecule has 2 fully saturated rings. The summed E-state index contributed by atoms with van der Waals surface area (Å²) in [5, 5.41) is 2.90. The van der Waals surface area contributed by atoms with Gasteiger partial charge in [0.05, 0.1) is 10.8 Å². The second-order valence-electron chi connectivity index (χ2n) is 6.07. The number of hydrogen-bond donors (Lipinski definition) is 1. The molecule has 132 valence electrons. The molecule has 0 aliphatic carbocycles. The van der Waals surface area contributed by atoms with Crippen molar-refractivity contribution < 1.29 is 13.2 Å². The number of carbonyl (C=O) groups excluding carboxylic acids is 1. The first-order valence-corrected chi connectivity index (χ1v) is 12.0. The highest BCUT2D eigenvalue weighted by Crippen LogP contribution is 2.44. The van der Waals surface area contributed by atoms with Gasteiger partial charge in [-0.15, -0.1) is 23.5 Å². The molecule has 0 bridgehead atoms. The highest BCUT2D eigenvalue weighted by atomic mass is 32.2. The van der Waals surface area contributed by atoms with Crippen LogP contribution in [0.1, 0.15) is 29.4 Å². The highest BCUT2D eigenvalue weighted by molar-refractivity contribution is 8.16. The summed E-state index contributed by atoms with van der Waals surface area (Å²) in [6, 6.07) is 7.31. The molecule has 24 heavy (non-hydrogen) atoms. The maximum absolute atomic E-state index is 12.5. The lowest BCUT2D eigenvalue weighted by Crippen LogP contribution is -2.42. The SMILES string of the molecule is CS(=O)(=O)N1CCCC1C(=O)Nc1cccc(C2SCCCS2)c1. The van der Waals surface area contributed by atoms with E-state index < -0.39 is 16.1 Å². The van der Waals surface area contributed by atoms with Crippen LogP contribution in [-0.4, -0.2) is 49.0 Å². The molecule has 1 atom stereocenters. The first kappa shape index (κ1) is 18.1. The Bertz CT molecular complexity index is 702. The van der Waals surface area contributed by atoms with Gasteiger partial charge in [-0.25, -0.2) is 8.42 Å². The van der Waals surface area contributed by atoms with Crippen molar-refractivity contribution in [2.75, 3.05) is 29.6 Å². The summed E-state index contributed by atoms with van der Waals surface area (Å²) < 4.78 is 25.3. The predicted molar refractivity (Wildman–Crippen MR) is 102 cm³/mol. The van der Waals surface area contributed by atoms with Gasteiger partial charge in [-0.2, -0.15) is 4.31 Å². The number of sulfonamides is 1. The van der Waals surface area contributed by atoms with E-state index in [1.807, 2.05) is 41.7 Å². The van der Waals surface area contributed by atoms with Crippen LogP contribution in [0.5, 0.6) is 0 Å². The van der Waals surface area contributed by atoms with E-state index in [0.717, 1.165) is 18.4 Å². The number of anilines is 1.